The number of rotatable bonds is 9. The molecule has 50 heavy (non-hydrogen) atoms. The summed E-state index contributed by atoms with van der Waals surface area (Å²) in [6, 6.07) is 11.4. The maximum atomic E-state index is 15.6. The summed E-state index contributed by atoms with van der Waals surface area (Å²) in [7, 11) is 1.20. The van der Waals surface area contributed by atoms with E-state index in [1.165, 1.54) is 37.5 Å². The molecule has 13 heteroatoms. The Morgan fingerprint density at radius 3 is 2.50 bits per heavy atom. The first-order valence-electron chi connectivity index (χ1n) is 16.1. The number of pyridine rings is 1. The van der Waals surface area contributed by atoms with Gasteiger partial charge in [0.1, 0.15) is 22.9 Å². The SMILES string of the molecule is CCCNC(=O)c1ccc(-c2cc3c(cc2C(=O)Nc2ccc(CNC(=O)OC(C)(C)C)c(F)c2C)-c2sccc2CCO3)c(C(=O)OC)n1. The lowest BCUT2D eigenvalue weighted by Gasteiger charge is -2.20. The van der Waals surface area contributed by atoms with Crippen molar-refractivity contribution < 1.29 is 37.8 Å². The van der Waals surface area contributed by atoms with Gasteiger partial charge in [0.25, 0.3) is 11.8 Å². The Balaban J connectivity index is 1.57. The molecule has 1 aliphatic rings. The van der Waals surface area contributed by atoms with Crippen molar-refractivity contribution in [2.24, 2.45) is 0 Å². The first-order valence-corrected chi connectivity index (χ1v) is 17.0. The molecule has 0 atom stereocenters. The van der Waals surface area contributed by atoms with Crippen molar-refractivity contribution in [1.82, 2.24) is 15.6 Å². The number of methoxy groups -OCH3 is 1. The zero-order valence-electron chi connectivity index (χ0n) is 28.7. The van der Waals surface area contributed by atoms with Crippen LogP contribution in [0.25, 0.3) is 21.6 Å². The lowest BCUT2D eigenvalue weighted by molar-refractivity contribution is 0.0521. The number of fused-ring (bicyclic) bond motifs is 3. The number of benzene rings is 2. The maximum absolute atomic E-state index is 15.6. The molecule has 0 unspecified atom stereocenters. The number of amides is 3. The number of halogens is 1. The fourth-order valence-corrected chi connectivity index (χ4v) is 6.37. The number of alkyl carbamates (subject to hydrolysis) is 1. The topological polar surface area (TPSA) is 145 Å². The van der Waals surface area contributed by atoms with Crippen LogP contribution in [0.1, 0.15) is 82.1 Å². The molecule has 1 aliphatic heterocycles. The van der Waals surface area contributed by atoms with Crippen LogP contribution < -0.4 is 20.7 Å². The van der Waals surface area contributed by atoms with Gasteiger partial charge in [-0.3, -0.25) is 9.59 Å². The summed E-state index contributed by atoms with van der Waals surface area (Å²) in [4.78, 5) is 57.5. The lowest BCUT2D eigenvalue weighted by Crippen LogP contribution is -2.32. The Morgan fingerprint density at radius 2 is 1.78 bits per heavy atom. The van der Waals surface area contributed by atoms with Gasteiger partial charge in [-0.25, -0.2) is 19.0 Å². The van der Waals surface area contributed by atoms with Crippen molar-refractivity contribution in [2.45, 2.75) is 59.6 Å². The summed E-state index contributed by atoms with van der Waals surface area (Å²) in [5, 5.41) is 10.1. The molecular formula is C37H39FN4O7S. The molecule has 0 saturated carbocycles. The van der Waals surface area contributed by atoms with E-state index in [0.29, 0.717) is 42.9 Å². The molecule has 0 bridgehead atoms. The van der Waals surface area contributed by atoms with Gasteiger partial charge in [0.2, 0.25) is 0 Å². The predicted octanol–water partition coefficient (Wildman–Crippen LogP) is 7.06. The molecule has 0 aliphatic carbocycles. The smallest absolute Gasteiger partial charge is 0.407 e. The number of nitrogens with zero attached hydrogens (tertiary/aromatic N) is 1. The van der Waals surface area contributed by atoms with Crippen molar-refractivity contribution in [1.29, 1.82) is 0 Å². The minimum Gasteiger partial charge on any atom is -0.493 e. The van der Waals surface area contributed by atoms with Crippen LogP contribution in [0.5, 0.6) is 5.75 Å². The van der Waals surface area contributed by atoms with Crippen LogP contribution in [0.15, 0.2) is 47.8 Å². The number of carbonyl (C=O) groups excluding carboxylic acids is 4. The molecule has 11 nitrogen and oxygen atoms in total. The van der Waals surface area contributed by atoms with Gasteiger partial charge in [0, 0.05) is 63.5 Å². The second kappa shape index (κ2) is 15.1. The lowest BCUT2D eigenvalue weighted by atomic mass is 9.93. The third-order valence-electron chi connectivity index (χ3n) is 7.85. The average molecular weight is 703 g/mol. The molecule has 5 rings (SSSR count). The molecule has 3 amide bonds. The largest absolute Gasteiger partial charge is 0.493 e. The average Bonchev–Trinajstić information content (AvgIpc) is 3.48. The first-order chi connectivity index (χ1) is 23.8. The highest BCUT2D eigenvalue weighted by Crippen LogP contribution is 2.43. The van der Waals surface area contributed by atoms with Crippen LogP contribution in [0.3, 0.4) is 0 Å². The Morgan fingerprint density at radius 1 is 1.00 bits per heavy atom. The summed E-state index contributed by atoms with van der Waals surface area (Å²) in [5.41, 5.74) is 2.14. The summed E-state index contributed by atoms with van der Waals surface area (Å²) < 4.78 is 32.0. The number of ether oxygens (including phenoxy) is 3. The fraction of sp³-hybridized carbons (Fsp3) is 0.324. The van der Waals surface area contributed by atoms with E-state index < -0.39 is 35.3 Å². The monoisotopic (exact) mass is 702 g/mol. The second-order valence-electron chi connectivity index (χ2n) is 12.6. The minimum absolute atomic E-state index is 0.00943. The molecule has 2 aromatic carbocycles. The van der Waals surface area contributed by atoms with Crippen LogP contribution >= 0.6 is 11.3 Å². The number of thiophene rings is 1. The normalized spacial score (nSPS) is 12.1. The molecule has 0 radical (unpaired) electrons. The van der Waals surface area contributed by atoms with Crippen LogP contribution in [0.4, 0.5) is 14.9 Å². The van der Waals surface area contributed by atoms with Crippen LogP contribution in [0, 0.1) is 12.7 Å². The Labute approximate surface area is 293 Å². The van der Waals surface area contributed by atoms with Gasteiger partial charge in [0.15, 0.2) is 5.69 Å². The van der Waals surface area contributed by atoms with Crippen LogP contribution in [0.2, 0.25) is 0 Å². The molecule has 262 valence electrons. The maximum Gasteiger partial charge on any atom is 0.407 e. The number of anilines is 1. The molecule has 0 saturated heterocycles. The van der Waals surface area contributed by atoms with E-state index in [2.05, 4.69) is 20.9 Å². The Bertz CT molecular complexity index is 1970. The molecule has 2 aromatic heterocycles. The molecule has 4 aromatic rings. The van der Waals surface area contributed by atoms with Gasteiger partial charge in [-0.15, -0.1) is 11.3 Å². The van der Waals surface area contributed by atoms with E-state index in [9.17, 15) is 19.2 Å². The summed E-state index contributed by atoms with van der Waals surface area (Å²) in [5.74, 6) is -1.96. The summed E-state index contributed by atoms with van der Waals surface area (Å²) >= 11 is 1.52. The predicted molar refractivity (Wildman–Crippen MR) is 188 cm³/mol. The standard InChI is InChI=1S/C37H39FN4O7S/c1-7-14-39-34(44)28-11-9-23(31(41-28)35(45)47-6)24-18-29-26(32-21(12-15-48-29)13-16-50-32)17-25(24)33(43)42-27-10-8-22(30(38)20(27)2)19-40-36(46)49-37(3,4)5/h8-11,13,16-18H,7,12,14-15,19H2,1-6H3,(H,39,44)(H,40,46)(H,42,43). The number of aromatic nitrogens is 1. The number of hydrogen-bond donors (Lipinski definition) is 3. The highest BCUT2D eigenvalue weighted by Gasteiger charge is 2.27. The van der Waals surface area contributed by atoms with Gasteiger partial charge < -0.3 is 30.2 Å². The van der Waals surface area contributed by atoms with Crippen molar-refractivity contribution in [3.63, 3.8) is 0 Å². The quantitative estimate of drug-likeness (QED) is 0.157. The van der Waals surface area contributed by atoms with Gasteiger partial charge in [0.05, 0.1) is 13.7 Å². The summed E-state index contributed by atoms with van der Waals surface area (Å²) in [6.45, 7) is 9.32. The van der Waals surface area contributed by atoms with Crippen LogP contribution in [-0.2, 0) is 22.4 Å². The Kier molecular flexibility index (Phi) is 10.9. The second-order valence-corrected chi connectivity index (χ2v) is 13.5. The van der Waals surface area contributed by atoms with E-state index in [-0.39, 0.29) is 45.9 Å². The zero-order valence-corrected chi connectivity index (χ0v) is 29.6. The molecule has 0 spiro atoms. The van der Waals surface area contributed by atoms with Crippen LogP contribution in [-0.4, -0.2) is 54.7 Å². The fourth-order valence-electron chi connectivity index (χ4n) is 5.40. The molecule has 3 heterocycles. The highest BCUT2D eigenvalue weighted by atomic mass is 32.1. The van der Waals surface area contributed by atoms with E-state index >= 15 is 4.39 Å². The third kappa shape index (κ3) is 7.94. The number of esters is 1. The van der Waals surface area contributed by atoms with E-state index in [0.717, 1.165) is 10.4 Å². The van der Waals surface area contributed by atoms with Crippen molar-refractivity contribution >= 4 is 40.9 Å². The van der Waals surface area contributed by atoms with E-state index in [1.54, 1.807) is 45.0 Å². The number of carbonyl (C=O) groups is 4. The minimum atomic E-state index is -0.804. The Hall–Kier alpha value is -5.30. The molecule has 3 N–H and O–H groups in total. The highest BCUT2D eigenvalue weighted by molar-refractivity contribution is 7.13. The van der Waals surface area contributed by atoms with Crippen molar-refractivity contribution in [3.05, 3.63) is 87.3 Å². The van der Waals surface area contributed by atoms with E-state index in [1.807, 2.05) is 18.4 Å². The third-order valence-corrected chi connectivity index (χ3v) is 8.84. The number of hydrogen-bond acceptors (Lipinski definition) is 9. The van der Waals surface area contributed by atoms with Gasteiger partial charge in [-0.05, 0) is 81.5 Å². The van der Waals surface area contributed by atoms with Gasteiger partial charge in [-0.1, -0.05) is 13.0 Å². The molecule has 0 fully saturated rings. The summed E-state index contributed by atoms with van der Waals surface area (Å²) in [6.07, 6.45) is 0.688. The van der Waals surface area contributed by atoms with Crippen molar-refractivity contribution in [2.75, 3.05) is 25.6 Å². The first kappa shape index (κ1) is 36.0. The van der Waals surface area contributed by atoms with E-state index in [4.69, 9.17) is 14.2 Å². The van der Waals surface area contributed by atoms with Gasteiger partial charge in [-0.2, -0.15) is 0 Å². The van der Waals surface area contributed by atoms with Crippen molar-refractivity contribution in [3.8, 4) is 27.3 Å². The molecular weight excluding hydrogens is 663 g/mol. The number of nitrogens with one attached hydrogen (secondary N) is 3. The van der Waals surface area contributed by atoms with Gasteiger partial charge >= 0.3 is 12.1 Å². The zero-order chi connectivity index (χ0) is 36.2.